The summed E-state index contributed by atoms with van der Waals surface area (Å²) in [6, 6.07) is 6.18. The zero-order chi connectivity index (χ0) is 15.9. The summed E-state index contributed by atoms with van der Waals surface area (Å²) in [7, 11) is 0. The van der Waals surface area contributed by atoms with E-state index in [1.165, 1.54) is 12.1 Å². The number of carbonyl (C=O) groups excluding carboxylic acids is 1. The standard InChI is InChI=1S/C18H25FNO2.Y/c1-3-5-6-7-8-16-17(22-4-2)13-18(21)20(16)15-11-9-14(19)10-12-15;/h9-12,16-17H,1,3-8,13H2,2H3;/q-1;. The van der Waals surface area contributed by atoms with Gasteiger partial charge in [-0.15, -0.1) is 0 Å². The van der Waals surface area contributed by atoms with Gasteiger partial charge in [0.15, 0.2) is 0 Å². The van der Waals surface area contributed by atoms with Crippen LogP contribution in [0.25, 0.3) is 0 Å². The van der Waals surface area contributed by atoms with Crippen molar-refractivity contribution in [3.8, 4) is 0 Å². The zero-order valence-electron chi connectivity index (χ0n) is 13.8. The maximum Gasteiger partial charge on any atom is 0.230 e. The molecule has 0 spiro atoms. The first-order chi connectivity index (χ1) is 10.7. The first-order valence-electron chi connectivity index (χ1n) is 8.15. The van der Waals surface area contributed by atoms with Crippen molar-refractivity contribution in [1.29, 1.82) is 0 Å². The molecule has 5 heteroatoms. The summed E-state index contributed by atoms with van der Waals surface area (Å²) in [4.78, 5) is 14.2. The topological polar surface area (TPSA) is 29.5 Å². The molecule has 0 saturated carbocycles. The van der Waals surface area contributed by atoms with Gasteiger partial charge < -0.3 is 16.6 Å². The van der Waals surface area contributed by atoms with Gasteiger partial charge in [0.05, 0.1) is 18.6 Å². The van der Waals surface area contributed by atoms with E-state index in [9.17, 15) is 9.18 Å². The summed E-state index contributed by atoms with van der Waals surface area (Å²) < 4.78 is 18.9. The van der Waals surface area contributed by atoms with Crippen LogP contribution < -0.4 is 4.90 Å². The van der Waals surface area contributed by atoms with E-state index in [2.05, 4.69) is 6.92 Å². The van der Waals surface area contributed by atoms with Gasteiger partial charge in [-0.25, -0.2) is 4.39 Å². The third-order valence-electron chi connectivity index (χ3n) is 4.14. The summed E-state index contributed by atoms with van der Waals surface area (Å²) >= 11 is 0. The number of unbranched alkanes of at least 4 members (excludes halogenated alkanes) is 3. The Hall–Kier alpha value is -0.316. The Labute approximate surface area is 163 Å². The Kier molecular flexibility index (Phi) is 9.49. The predicted molar refractivity (Wildman–Crippen MR) is 86.1 cm³/mol. The van der Waals surface area contributed by atoms with Crippen LogP contribution >= 0.6 is 0 Å². The average Bonchev–Trinajstić information content (AvgIpc) is 2.81. The Morgan fingerprint density at radius 2 is 1.96 bits per heavy atom. The molecule has 125 valence electrons. The number of carbonyl (C=O) groups is 1. The molecule has 1 aliphatic rings. The van der Waals surface area contributed by atoms with Gasteiger partial charge in [-0.05, 0) is 37.6 Å². The second-order valence-corrected chi connectivity index (χ2v) is 5.71. The first-order valence-corrected chi connectivity index (χ1v) is 8.15. The molecule has 1 aromatic carbocycles. The summed E-state index contributed by atoms with van der Waals surface area (Å²) in [6.07, 6.45) is 5.47. The van der Waals surface area contributed by atoms with E-state index in [1.807, 2.05) is 6.92 Å². The monoisotopic (exact) mass is 395 g/mol. The van der Waals surface area contributed by atoms with Crippen molar-refractivity contribution < 1.29 is 46.6 Å². The molecule has 2 unspecified atom stereocenters. The van der Waals surface area contributed by atoms with Crippen LogP contribution in [0.2, 0.25) is 0 Å². The minimum Gasteiger partial charge on any atom is -0.376 e. The van der Waals surface area contributed by atoms with Gasteiger partial charge in [-0.3, -0.25) is 4.79 Å². The van der Waals surface area contributed by atoms with Crippen molar-refractivity contribution in [2.45, 2.75) is 57.6 Å². The van der Waals surface area contributed by atoms with E-state index >= 15 is 0 Å². The Morgan fingerprint density at radius 3 is 2.57 bits per heavy atom. The van der Waals surface area contributed by atoms with Gasteiger partial charge >= 0.3 is 0 Å². The molecule has 2 rings (SSSR count). The van der Waals surface area contributed by atoms with Crippen LogP contribution in [0.1, 0.15) is 45.4 Å². The normalized spacial score (nSPS) is 20.7. The number of benzene rings is 1. The van der Waals surface area contributed by atoms with E-state index in [-0.39, 0.29) is 56.6 Å². The van der Waals surface area contributed by atoms with Crippen LogP contribution in [-0.4, -0.2) is 24.7 Å². The molecular weight excluding hydrogens is 370 g/mol. The Balaban J connectivity index is 0.00000264. The minimum absolute atomic E-state index is 0. The molecule has 1 amide bonds. The molecular formula is C18H25FNO2Y-. The molecule has 0 aliphatic carbocycles. The molecule has 2 atom stereocenters. The molecule has 1 aromatic rings. The van der Waals surface area contributed by atoms with Gasteiger partial charge in [-0.2, -0.15) is 6.42 Å². The molecule has 1 aliphatic heterocycles. The van der Waals surface area contributed by atoms with Crippen LogP contribution in [0.5, 0.6) is 0 Å². The van der Waals surface area contributed by atoms with E-state index in [0.29, 0.717) is 13.0 Å². The zero-order valence-corrected chi connectivity index (χ0v) is 16.7. The second-order valence-electron chi connectivity index (χ2n) is 5.71. The van der Waals surface area contributed by atoms with E-state index < -0.39 is 0 Å². The number of halogens is 1. The molecule has 1 heterocycles. The number of nitrogens with zero attached hydrogens (tertiary/aromatic N) is 1. The van der Waals surface area contributed by atoms with Crippen molar-refractivity contribution in [2.75, 3.05) is 11.5 Å². The fourth-order valence-electron chi connectivity index (χ4n) is 3.10. The van der Waals surface area contributed by atoms with Gasteiger partial charge in [0.25, 0.3) is 0 Å². The van der Waals surface area contributed by atoms with E-state index in [0.717, 1.165) is 37.8 Å². The van der Waals surface area contributed by atoms with Crippen LogP contribution in [0.15, 0.2) is 24.3 Å². The third kappa shape index (κ3) is 5.61. The molecule has 1 saturated heterocycles. The number of hydrogen-bond donors (Lipinski definition) is 0. The minimum atomic E-state index is -0.288. The predicted octanol–water partition coefficient (Wildman–Crippen LogP) is 4.12. The fraction of sp³-hybridized carbons (Fsp3) is 0.556. The number of hydrogen-bond acceptors (Lipinski definition) is 2. The van der Waals surface area contributed by atoms with E-state index in [4.69, 9.17) is 4.74 Å². The van der Waals surface area contributed by atoms with Gasteiger partial charge in [0.1, 0.15) is 5.82 Å². The van der Waals surface area contributed by atoms with Crippen LogP contribution in [0.4, 0.5) is 10.1 Å². The Bertz CT molecular complexity index is 480. The Morgan fingerprint density at radius 1 is 1.26 bits per heavy atom. The maximum atomic E-state index is 13.1. The molecule has 3 nitrogen and oxygen atoms in total. The maximum absolute atomic E-state index is 13.1. The number of rotatable bonds is 8. The summed E-state index contributed by atoms with van der Waals surface area (Å²) in [5.41, 5.74) is 0.760. The van der Waals surface area contributed by atoms with E-state index in [1.54, 1.807) is 17.0 Å². The summed E-state index contributed by atoms with van der Waals surface area (Å²) in [5, 5.41) is 0. The molecule has 1 fully saturated rings. The molecule has 0 N–H and O–H groups in total. The summed E-state index contributed by atoms with van der Waals surface area (Å²) in [6.45, 7) is 6.41. The molecule has 23 heavy (non-hydrogen) atoms. The van der Waals surface area contributed by atoms with Crippen LogP contribution in [0, 0.1) is 12.7 Å². The number of ether oxygens (including phenoxy) is 1. The number of anilines is 1. The smallest absolute Gasteiger partial charge is 0.230 e. The van der Waals surface area contributed by atoms with Crippen LogP contribution in [0.3, 0.4) is 0 Å². The molecule has 0 bridgehead atoms. The van der Waals surface area contributed by atoms with Gasteiger partial charge in [-0.1, -0.05) is 19.3 Å². The average molecular weight is 395 g/mol. The van der Waals surface area contributed by atoms with Gasteiger partial charge in [0, 0.05) is 45.0 Å². The second kappa shape index (κ2) is 10.5. The molecule has 1 radical (unpaired) electrons. The molecule has 0 aromatic heterocycles. The third-order valence-corrected chi connectivity index (χ3v) is 4.14. The van der Waals surface area contributed by atoms with Crippen molar-refractivity contribution >= 4 is 11.6 Å². The van der Waals surface area contributed by atoms with Crippen molar-refractivity contribution in [2.24, 2.45) is 0 Å². The fourth-order valence-corrected chi connectivity index (χ4v) is 3.10. The quantitative estimate of drug-likeness (QED) is 0.490. The number of amides is 1. The van der Waals surface area contributed by atoms with Crippen molar-refractivity contribution in [3.05, 3.63) is 37.0 Å². The largest absolute Gasteiger partial charge is 0.376 e. The first kappa shape index (κ1) is 20.7. The van der Waals surface area contributed by atoms with Crippen molar-refractivity contribution in [3.63, 3.8) is 0 Å². The van der Waals surface area contributed by atoms with Crippen LogP contribution in [-0.2, 0) is 42.2 Å². The SMILES string of the molecule is [CH2-]CCCCCC1C(OCC)CC(=O)N1c1ccc(F)cc1.[Y]. The van der Waals surface area contributed by atoms with Crippen molar-refractivity contribution in [1.82, 2.24) is 0 Å². The summed E-state index contributed by atoms with van der Waals surface area (Å²) in [5.74, 6) is -0.226. The van der Waals surface area contributed by atoms with Gasteiger partial charge in [0.2, 0.25) is 5.91 Å².